The van der Waals surface area contributed by atoms with Crippen molar-refractivity contribution in [1.29, 1.82) is 0 Å². The number of aliphatic hydroxyl groups excluding tert-OH is 1. The fraction of sp³-hybridized carbons (Fsp3) is 0.579. The van der Waals surface area contributed by atoms with Gasteiger partial charge in [0, 0.05) is 37.2 Å². The van der Waals surface area contributed by atoms with Crippen LogP contribution in [0.25, 0.3) is 0 Å². The second kappa shape index (κ2) is 6.79. The van der Waals surface area contributed by atoms with Gasteiger partial charge >= 0.3 is 0 Å². The Balaban J connectivity index is 1.61. The number of aliphatic hydroxyl groups is 1. The number of rotatable bonds is 3. The number of anilines is 2. The van der Waals surface area contributed by atoms with Crippen molar-refractivity contribution >= 4 is 11.8 Å². The summed E-state index contributed by atoms with van der Waals surface area (Å²) in [5, 5.41) is 13.2. The van der Waals surface area contributed by atoms with Gasteiger partial charge in [-0.3, -0.25) is 4.98 Å². The highest BCUT2D eigenvalue weighted by molar-refractivity contribution is 5.41. The zero-order valence-corrected chi connectivity index (χ0v) is 15.4. The summed E-state index contributed by atoms with van der Waals surface area (Å²) in [4.78, 5) is 20.2. The van der Waals surface area contributed by atoms with E-state index in [-0.39, 0.29) is 17.6 Å². The van der Waals surface area contributed by atoms with Gasteiger partial charge in [-0.05, 0) is 31.1 Å². The zero-order chi connectivity index (χ0) is 18.1. The Morgan fingerprint density at radius 1 is 1.15 bits per heavy atom. The summed E-state index contributed by atoms with van der Waals surface area (Å²) in [6, 6.07) is 0.127. The average molecular weight is 354 g/mol. The molecule has 138 valence electrons. The van der Waals surface area contributed by atoms with Crippen molar-refractivity contribution in [3.8, 4) is 0 Å². The fourth-order valence-electron chi connectivity index (χ4n) is 3.94. The molecule has 1 saturated heterocycles. The van der Waals surface area contributed by atoms with Crippen LogP contribution in [-0.4, -0.2) is 44.2 Å². The van der Waals surface area contributed by atoms with E-state index in [0.29, 0.717) is 0 Å². The molecule has 4 rings (SSSR count). The normalized spacial score (nSPS) is 22.7. The molecule has 7 heteroatoms. The van der Waals surface area contributed by atoms with Gasteiger partial charge in [0.2, 0.25) is 5.95 Å². The van der Waals surface area contributed by atoms with Crippen LogP contribution in [0.1, 0.15) is 50.4 Å². The minimum Gasteiger partial charge on any atom is -0.393 e. The third-order valence-corrected chi connectivity index (χ3v) is 5.30. The summed E-state index contributed by atoms with van der Waals surface area (Å²) in [5.74, 6) is 1.56. The molecule has 1 aliphatic heterocycles. The lowest BCUT2D eigenvalue weighted by Crippen LogP contribution is -2.38. The van der Waals surface area contributed by atoms with Crippen LogP contribution >= 0.6 is 0 Å². The van der Waals surface area contributed by atoms with Gasteiger partial charge in [-0.1, -0.05) is 13.8 Å². The van der Waals surface area contributed by atoms with Crippen molar-refractivity contribution in [2.24, 2.45) is 5.41 Å². The minimum absolute atomic E-state index is 0.127. The van der Waals surface area contributed by atoms with Gasteiger partial charge in [-0.15, -0.1) is 0 Å². The van der Waals surface area contributed by atoms with E-state index in [0.717, 1.165) is 61.8 Å². The SMILES string of the molecule is CC1(C)Cc2nc(N3CCC(O)CC3)ncc2[C@H](Nc2cnccn2)C1. The molecule has 7 nitrogen and oxygen atoms in total. The standard InChI is InChI=1S/C19H26N6O/c1-19(2)9-15(23-17-12-20-5-6-21-17)14-11-22-18(24-16(14)10-19)25-7-3-13(26)4-8-25/h5-6,11-13,15,26H,3-4,7-10H2,1-2H3,(H,21,23)/t15-/m1/s1. The summed E-state index contributed by atoms with van der Waals surface area (Å²) in [6.45, 7) is 6.18. The molecule has 2 aliphatic rings. The molecule has 2 aromatic heterocycles. The van der Waals surface area contributed by atoms with E-state index >= 15 is 0 Å². The maximum atomic E-state index is 9.72. The van der Waals surface area contributed by atoms with E-state index in [1.807, 2.05) is 6.20 Å². The van der Waals surface area contributed by atoms with Crippen molar-refractivity contribution in [1.82, 2.24) is 19.9 Å². The highest BCUT2D eigenvalue weighted by Gasteiger charge is 2.34. The first-order valence-electron chi connectivity index (χ1n) is 9.31. The van der Waals surface area contributed by atoms with Crippen molar-refractivity contribution in [2.45, 2.75) is 51.7 Å². The van der Waals surface area contributed by atoms with Crippen LogP contribution in [0, 0.1) is 5.41 Å². The van der Waals surface area contributed by atoms with E-state index in [9.17, 15) is 5.11 Å². The molecule has 1 atom stereocenters. The lowest BCUT2D eigenvalue weighted by Gasteiger charge is -2.37. The molecule has 0 saturated carbocycles. The van der Waals surface area contributed by atoms with Gasteiger partial charge in [-0.25, -0.2) is 15.0 Å². The highest BCUT2D eigenvalue weighted by Crippen LogP contribution is 2.41. The molecule has 2 N–H and O–H groups in total. The number of nitrogens with one attached hydrogen (secondary N) is 1. The third-order valence-electron chi connectivity index (χ3n) is 5.30. The Labute approximate surface area is 153 Å². The van der Waals surface area contributed by atoms with Crippen molar-refractivity contribution in [2.75, 3.05) is 23.3 Å². The van der Waals surface area contributed by atoms with Gasteiger partial charge in [0.15, 0.2) is 0 Å². The lowest BCUT2D eigenvalue weighted by atomic mass is 9.74. The number of fused-ring (bicyclic) bond motifs is 1. The summed E-state index contributed by atoms with van der Waals surface area (Å²) in [7, 11) is 0. The molecule has 26 heavy (non-hydrogen) atoms. The van der Waals surface area contributed by atoms with Crippen molar-refractivity contribution < 1.29 is 5.11 Å². The van der Waals surface area contributed by atoms with Crippen LogP contribution in [-0.2, 0) is 6.42 Å². The lowest BCUT2D eigenvalue weighted by molar-refractivity contribution is 0.145. The topological polar surface area (TPSA) is 87.1 Å². The Morgan fingerprint density at radius 2 is 1.96 bits per heavy atom. The molecule has 0 radical (unpaired) electrons. The predicted molar refractivity (Wildman–Crippen MR) is 100.0 cm³/mol. The molecular weight excluding hydrogens is 328 g/mol. The van der Waals surface area contributed by atoms with E-state index in [4.69, 9.17) is 4.98 Å². The van der Waals surface area contributed by atoms with Crippen molar-refractivity contribution in [3.05, 3.63) is 36.0 Å². The van der Waals surface area contributed by atoms with Gasteiger partial charge in [0.05, 0.1) is 24.0 Å². The molecule has 0 amide bonds. The predicted octanol–water partition coefficient (Wildman–Crippen LogP) is 2.35. The first-order valence-corrected chi connectivity index (χ1v) is 9.31. The largest absolute Gasteiger partial charge is 0.393 e. The maximum Gasteiger partial charge on any atom is 0.225 e. The maximum absolute atomic E-state index is 9.72. The highest BCUT2D eigenvalue weighted by atomic mass is 16.3. The van der Waals surface area contributed by atoms with Crippen LogP contribution in [0.3, 0.4) is 0 Å². The molecule has 1 aliphatic carbocycles. The summed E-state index contributed by atoms with van der Waals surface area (Å²) in [6.07, 6.45) is 10.4. The number of hydrogen-bond acceptors (Lipinski definition) is 7. The summed E-state index contributed by atoms with van der Waals surface area (Å²) < 4.78 is 0. The second-order valence-corrected chi connectivity index (χ2v) is 8.12. The van der Waals surface area contributed by atoms with E-state index in [1.54, 1.807) is 18.6 Å². The van der Waals surface area contributed by atoms with E-state index < -0.39 is 0 Å². The Hall–Kier alpha value is -2.28. The molecule has 1 fully saturated rings. The fourth-order valence-corrected chi connectivity index (χ4v) is 3.94. The Bertz CT molecular complexity index is 758. The quantitative estimate of drug-likeness (QED) is 0.875. The zero-order valence-electron chi connectivity index (χ0n) is 15.4. The van der Waals surface area contributed by atoms with Crippen LogP contribution < -0.4 is 10.2 Å². The van der Waals surface area contributed by atoms with Gasteiger partial charge in [-0.2, -0.15) is 0 Å². The monoisotopic (exact) mass is 354 g/mol. The number of aromatic nitrogens is 4. The van der Waals surface area contributed by atoms with Crippen LogP contribution in [0.2, 0.25) is 0 Å². The molecule has 0 bridgehead atoms. The van der Waals surface area contributed by atoms with Gasteiger partial charge in [0.1, 0.15) is 5.82 Å². The third kappa shape index (κ3) is 3.62. The van der Waals surface area contributed by atoms with Crippen LogP contribution in [0.4, 0.5) is 11.8 Å². The minimum atomic E-state index is -0.191. The van der Waals surface area contributed by atoms with E-state index in [2.05, 4.69) is 39.0 Å². The second-order valence-electron chi connectivity index (χ2n) is 8.12. The van der Waals surface area contributed by atoms with Gasteiger partial charge < -0.3 is 15.3 Å². The smallest absolute Gasteiger partial charge is 0.225 e. The number of nitrogens with zero attached hydrogens (tertiary/aromatic N) is 5. The molecule has 0 unspecified atom stereocenters. The first kappa shape index (κ1) is 17.1. The van der Waals surface area contributed by atoms with Crippen LogP contribution in [0.15, 0.2) is 24.8 Å². The number of piperidine rings is 1. The molecule has 3 heterocycles. The molecule has 0 aromatic carbocycles. The summed E-state index contributed by atoms with van der Waals surface area (Å²) in [5.41, 5.74) is 2.41. The van der Waals surface area contributed by atoms with Gasteiger partial charge in [0.25, 0.3) is 0 Å². The first-order chi connectivity index (χ1) is 12.5. The van der Waals surface area contributed by atoms with Crippen molar-refractivity contribution in [3.63, 3.8) is 0 Å². The molecule has 0 spiro atoms. The average Bonchev–Trinajstić information content (AvgIpc) is 2.62. The molecule has 2 aromatic rings. The molecular formula is C19H26N6O. The Morgan fingerprint density at radius 3 is 2.69 bits per heavy atom. The number of hydrogen-bond donors (Lipinski definition) is 2. The summed E-state index contributed by atoms with van der Waals surface area (Å²) >= 11 is 0. The Kier molecular flexibility index (Phi) is 4.48. The van der Waals surface area contributed by atoms with E-state index in [1.165, 1.54) is 0 Å². The van der Waals surface area contributed by atoms with Crippen LogP contribution in [0.5, 0.6) is 0 Å².